The molecule has 2 rings (SSSR count). The maximum atomic E-state index is 12.2. The Labute approximate surface area is 131 Å². The maximum Gasteiger partial charge on any atom is 0.355 e. The number of nitrogens with one attached hydrogen (secondary N) is 1. The Balaban J connectivity index is 2.24. The fourth-order valence-electron chi connectivity index (χ4n) is 1.86. The molecule has 1 aromatic carbocycles. The molecule has 0 aliphatic rings. The Hall–Kier alpha value is -2.41. The van der Waals surface area contributed by atoms with Crippen molar-refractivity contribution in [2.24, 2.45) is 0 Å². The number of hydrogen-bond donors (Lipinski definition) is 2. The molecule has 0 radical (unpaired) electrons. The van der Waals surface area contributed by atoms with Gasteiger partial charge in [0.25, 0.3) is 5.91 Å². The number of thiazole rings is 1. The van der Waals surface area contributed by atoms with E-state index in [2.05, 4.69) is 10.3 Å². The van der Waals surface area contributed by atoms with Crippen LogP contribution in [0.15, 0.2) is 24.3 Å². The molecule has 2 N–H and O–H groups in total. The normalized spacial score (nSPS) is 10.5. The van der Waals surface area contributed by atoms with E-state index in [1.54, 1.807) is 24.3 Å². The van der Waals surface area contributed by atoms with Crippen molar-refractivity contribution >= 4 is 28.3 Å². The summed E-state index contributed by atoms with van der Waals surface area (Å²) < 4.78 is 5.07. The summed E-state index contributed by atoms with van der Waals surface area (Å²) >= 11 is 1.17. The molecule has 22 heavy (non-hydrogen) atoms. The van der Waals surface area contributed by atoms with Crippen molar-refractivity contribution in [1.82, 2.24) is 4.98 Å². The summed E-state index contributed by atoms with van der Waals surface area (Å²) in [4.78, 5) is 28.0. The van der Waals surface area contributed by atoms with Crippen LogP contribution in [0.1, 0.15) is 45.5 Å². The number of benzene rings is 1. The first-order valence-corrected chi connectivity index (χ1v) is 7.43. The van der Waals surface area contributed by atoms with Gasteiger partial charge in [-0.25, -0.2) is 9.78 Å². The topological polar surface area (TPSA) is 88.5 Å². The molecule has 0 spiro atoms. The summed E-state index contributed by atoms with van der Waals surface area (Å²) in [6, 6.07) is 6.69. The Morgan fingerprint density at radius 1 is 1.36 bits per heavy atom. The Bertz CT molecular complexity index is 709. The van der Waals surface area contributed by atoms with E-state index in [1.807, 2.05) is 13.8 Å². The monoisotopic (exact) mass is 320 g/mol. The summed E-state index contributed by atoms with van der Waals surface area (Å²) in [6.45, 7) is 3.77. The summed E-state index contributed by atoms with van der Waals surface area (Å²) in [5, 5.41) is 12.1. The molecule has 0 atom stereocenters. The summed E-state index contributed by atoms with van der Waals surface area (Å²) in [6.07, 6.45) is 0. The fourth-order valence-corrected chi connectivity index (χ4v) is 2.82. The minimum absolute atomic E-state index is 0.0130. The average molecular weight is 320 g/mol. The highest BCUT2D eigenvalue weighted by Crippen LogP contribution is 2.30. The summed E-state index contributed by atoms with van der Waals surface area (Å²) in [5.74, 6) is -0.867. The molecule has 0 fully saturated rings. The second kappa shape index (κ2) is 6.57. The third-order valence-corrected chi connectivity index (χ3v) is 4.20. The van der Waals surface area contributed by atoms with E-state index in [1.165, 1.54) is 18.4 Å². The first kappa shape index (κ1) is 16.0. The number of aromatic nitrogens is 1. The highest BCUT2D eigenvalue weighted by molar-refractivity contribution is 7.16. The first-order valence-electron chi connectivity index (χ1n) is 6.61. The molecular weight excluding hydrogens is 304 g/mol. The van der Waals surface area contributed by atoms with Gasteiger partial charge in [0.05, 0.1) is 7.11 Å². The molecule has 7 heteroatoms. The Morgan fingerprint density at radius 2 is 2.09 bits per heavy atom. The van der Waals surface area contributed by atoms with Gasteiger partial charge in [0.2, 0.25) is 0 Å². The van der Waals surface area contributed by atoms with Gasteiger partial charge in [-0.05, 0) is 24.1 Å². The number of methoxy groups -OCH3 is 1. The number of carbonyl (C=O) groups is 2. The highest BCUT2D eigenvalue weighted by atomic mass is 32.1. The van der Waals surface area contributed by atoms with Crippen LogP contribution in [0.4, 0.5) is 5.13 Å². The van der Waals surface area contributed by atoms with Crippen LogP contribution in [0.3, 0.4) is 0 Å². The molecule has 0 saturated heterocycles. The lowest BCUT2D eigenvalue weighted by Gasteiger charge is -2.04. The smallest absolute Gasteiger partial charge is 0.355 e. The van der Waals surface area contributed by atoms with Crippen molar-refractivity contribution in [3.8, 4) is 5.75 Å². The third-order valence-electron chi connectivity index (χ3n) is 2.93. The van der Waals surface area contributed by atoms with E-state index in [-0.39, 0.29) is 22.7 Å². The maximum absolute atomic E-state index is 12.2. The Kier molecular flexibility index (Phi) is 4.77. The van der Waals surface area contributed by atoms with E-state index in [0.717, 1.165) is 0 Å². The van der Waals surface area contributed by atoms with Gasteiger partial charge in [-0.1, -0.05) is 19.9 Å². The van der Waals surface area contributed by atoms with Crippen LogP contribution >= 0.6 is 11.3 Å². The molecule has 0 aliphatic heterocycles. The van der Waals surface area contributed by atoms with Crippen molar-refractivity contribution in [2.45, 2.75) is 19.8 Å². The van der Waals surface area contributed by atoms with Gasteiger partial charge >= 0.3 is 5.97 Å². The van der Waals surface area contributed by atoms with Gasteiger partial charge < -0.3 is 9.84 Å². The predicted molar refractivity (Wildman–Crippen MR) is 84.1 cm³/mol. The lowest BCUT2D eigenvalue weighted by molar-refractivity contribution is 0.0689. The van der Waals surface area contributed by atoms with E-state index < -0.39 is 5.97 Å². The fraction of sp³-hybridized carbons (Fsp3) is 0.267. The summed E-state index contributed by atoms with van der Waals surface area (Å²) in [7, 11) is 1.52. The van der Waals surface area contributed by atoms with Gasteiger partial charge in [-0.15, -0.1) is 11.3 Å². The van der Waals surface area contributed by atoms with Gasteiger partial charge in [0, 0.05) is 10.4 Å². The van der Waals surface area contributed by atoms with Gasteiger partial charge in [0.15, 0.2) is 10.8 Å². The van der Waals surface area contributed by atoms with Crippen molar-refractivity contribution in [2.75, 3.05) is 12.4 Å². The number of aromatic carboxylic acids is 1. The minimum atomic E-state index is -1.10. The molecule has 116 valence electrons. The quantitative estimate of drug-likeness (QED) is 0.883. The van der Waals surface area contributed by atoms with E-state index in [4.69, 9.17) is 9.84 Å². The van der Waals surface area contributed by atoms with Crippen LogP contribution in [-0.2, 0) is 0 Å². The van der Waals surface area contributed by atoms with Crippen LogP contribution in [-0.4, -0.2) is 29.1 Å². The number of carboxylic acids is 1. The molecule has 0 aliphatic carbocycles. The zero-order chi connectivity index (χ0) is 16.3. The number of rotatable bonds is 5. The number of amides is 1. The summed E-state index contributed by atoms with van der Waals surface area (Å²) in [5.41, 5.74) is 0.401. The molecule has 1 aromatic heterocycles. The van der Waals surface area contributed by atoms with Crippen molar-refractivity contribution in [1.29, 1.82) is 0 Å². The van der Waals surface area contributed by atoms with Crippen molar-refractivity contribution in [3.05, 3.63) is 40.4 Å². The molecule has 1 amide bonds. The molecule has 1 heterocycles. The average Bonchev–Trinajstić information content (AvgIpc) is 2.91. The number of hydrogen-bond acceptors (Lipinski definition) is 5. The van der Waals surface area contributed by atoms with E-state index in [9.17, 15) is 9.59 Å². The lowest BCUT2D eigenvalue weighted by atomic mass is 10.1. The molecule has 6 nitrogen and oxygen atoms in total. The molecule has 0 bridgehead atoms. The molecule has 0 unspecified atom stereocenters. The van der Waals surface area contributed by atoms with Crippen LogP contribution in [0.25, 0.3) is 0 Å². The number of ether oxygens (including phenoxy) is 1. The number of anilines is 1. The van der Waals surface area contributed by atoms with Gasteiger partial charge in [-0.2, -0.15) is 0 Å². The predicted octanol–water partition coefficient (Wildman–Crippen LogP) is 3.23. The van der Waals surface area contributed by atoms with Crippen molar-refractivity contribution < 1.29 is 19.4 Å². The second-order valence-electron chi connectivity index (χ2n) is 4.88. The molecule has 2 aromatic rings. The third kappa shape index (κ3) is 3.43. The lowest BCUT2D eigenvalue weighted by Crippen LogP contribution is -2.12. The second-order valence-corrected chi connectivity index (χ2v) is 5.91. The van der Waals surface area contributed by atoms with E-state index in [0.29, 0.717) is 16.2 Å². The largest absolute Gasteiger partial charge is 0.497 e. The molecule has 0 saturated carbocycles. The number of carboxylic acid groups (broad SMARTS) is 1. The van der Waals surface area contributed by atoms with Crippen LogP contribution in [0.2, 0.25) is 0 Å². The highest BCUT2D eigenvalue weighted by Gasteiger charge is 2.21. The van der Waals surface area contributed by atoms with E-state index >= 15 is 0 Å². The van der Waals surface area contributed by atoms with Crippen LogP contribution in [0, 0.1) is 0 Å². The molecular formula is C15H16N2O4S. The standard InChI is InChI=1S/C15H16N2O4S/c1-8(2)12-11(14(19)20)16-15(22-12)17-13(18)9-5-4-6-10(7-9)21-3/h4-8H,1-3H3,(H,19,20)(H,16,17,18). The number of carbonyl (C=O) groups excluding carboxylic acids is 1. The van der Waals surface area contributed by atoms with Gasteiger partial charge in [0.1, 0.15) is 5.75 Å². The van der Waals surface area contributed by atoms with Crippen LogP contribution < -0.4 is 10.1 Å². The zero-order valence-corrected chi connectivity index (χ0v) is 13.2. The Morgan fingerprint density at radius 3 is 2.64 bits per heavy atom. The number of nitrogens with zero attached hydrogens (tertiary/aromatic N) is 1. The van der Waals surface area contributed by atoms with Crippen LogP contribution in [0.5, 0.6) is 5.75 Å². The van der Waals surface area contributed by atoms with Gasteiger partial charge in [-0.3, -0.25) is 10.1 Å². The van der Waals surface area contributed by atoms with Crippen molar-refractivity contribution in [3.63, 3.8) is 0 Å². The minimum Gasteiger partial charge on any atom is -0.497 e. The first-order chi connectivity index (χ1) is 10.4. The SMILES string of the molecule is COc1cccc(C(=O)Nc2nc(C(=O)O)c(C(C)C)s2)c1. The zero-order valence-electron chi connectivity index (χ0n) is 12.4.